The Kier molecular flexibility index (Phi) is 7.60. The first-order chi connectivity index (χ1) is 11.5. The molecule has 0 saturated carbocycles. The fraction of sp³-hybridized carbons (Fsp3) is 0.667. The molecule has 2 saturated heterocycles. The standard InChI is InChI=1S/C15H23N3O3S3.ClH/c1-11-12(3-2-5-16-11)17-15(19)14-13(4-8-23-14)24(20,21)18-6-9-22-10-7-18;/h4,8,11-12,16H,2-3,5-7,9-10H2,1H3,(H,17,19);1H. The highest BCUT2D eigenvalue weighted by Gasteiger charge is 2.32. The molecule has 0 radical (unpaired) electrons. The summed E-state index contributed by atoms with van der Waals surface area (Å²) < 4.78 is 27.2. The highest BCUT2D eigenvalue weighted by Crippen LogP contribution is 2.27. The number of hydrogen-bond acceptors (Lipinski definition) is 6. The molecule has 25 heavy (non-hydrogen) atoms. The number of nitrogens with one attached hydrogen (secondary N) is 2. The molecule has 2 aliphatic heterocycles. The maximum Gasteiger partial charge on any atom is 0.263 e. The van der Waals surface area contributed by atoms with E-state index < -0.39 is 10.0 Å². The number of amides is 1. The number of carbonyl (C=O) groups is 1. The second-order valence-electron chi connectivity index (χ2n) is 6.10. The molecule has 0 spiro atoms. The number of nitrogens with zero attached hydrogens (tertiary/aromatic N) is 1. The number of rotatable bonds is 4. The van der Waals surface area contributed by atoms with Crippen LogP contribution in [0.25, 0.3) is 0 Å². The summed E-state index contributed by atoms with van der Waals surface area (Å²) in [4.78, 5) is 13.1. The minimum Gasteiger partial charge on any atom is -0.347 e. The molecule has 0 bridgehead atoms. The fourth-order valence-corrected chi connectivity index (χ4v) is 6.95. The molecule has 0 aromatic carbocycles. The molecule has 2 atom stereocenters. The van der Waals surface area contributed by atoms with Gasteiger partial charge in [-0.3, -0.25) is 4.79 Å². The smallest absolute Gasteiger partial charge is 0.263 e. The first kappa shape index (κ1) is 21.0. The van der Waals surface area contributed by atoms with Crippen LogP contribution < -0.4 is 10.6 Å². The molecule has 10 heteroatoms. The lowest BCUT2D eigenvalue weighted by molar-refractivity contribution is 0.0921. The van der Waals surface area contributed by atoms with E-state index in [1.165, 1.54) is 15.6 Å². The molecule has 142 valence electrons. The van der Waals surface area contributed by atoms with E-state index in [1.807, 2.05) is 6.92 Å². The van der Waals surface area contributed by atoms with Gasteiger partial charge in [-0.25, -0.2) is 8.42 Å². The van der Waals surface area contributed by atoms with Crippen LogP contribution in [0.3, 0.4) is 0 Å². The van der Waals surface area contributed by atoms with Crippen molar-refractivity contribution in [3.63, 3.8) is 0 Å². The number of thioether (sulfide) groups is 1. The van der Waals surface area contributed by atoms with Gasteiger partial charge in [0.15, 0.2) is 0 Å². The second-order valence-corrected chi connectivity index (χ2v) is 10.1. The normalized spacial score (nSPS) is 25.2. The lowest BCUT2D eigenvalue weighted by Gasteiger charge is -2.30. The van der Waals surface area contributed by atoms with Crippen molar-refractivity contribution >= 4 is 51.4 Å². The predicted molar refractivity (Wildman–Crippen MR) is 106 cm³/mol. The average Bonchev–Trinajstić information content (AvgIpc) is 3.08. The van der Waals surface area contributed by atoms with Crippen molar-refractivity contribution in [3.05, 3.63) is 16.3 Å². The second kappa shape index (κ2) is 9.05. The van der Waals surface area contributed by atoms with Crippen LogP contribution in [-0.2, 0) is 10.0 Å². The topological polar surface area (TPSA) is 78.5 Å². The van der Waals surface area contributed by atoms with Crippen LogP contribution in [0.2, 0.25) is 0 Å². The molecular weight excluding hydrogens is 402 g/mol. The monoisotopic (exact) mass is 425 g/mol. The van der Waals surface area contributed by atoms with Crippen LogP contribution in [-0.4, -0.2) is 61.9 Å². The average molecular weight is 426 g/mol. The van der Waals surface area contributed by atoms with Crippen molar-refractivity contribution in [2.45, 2.75) is 36.7 Å². The van der Waals surface area contributed by atoms with E-state index in [2.05, 4.69) is 10.6 Å². The Labute approximate surface area is 163 Å². The summed E-state index contributed by atoms with van der Waals surface area (Å²) in [5.74, 6) is 1.32. The van der Waals surface area contributed by atoms with Crippen molar-refractivity contribution in [1.29, 1.82) is 0 Å². The number of thiophene rings is 1. The van der Waals surface area contributed by atoms with Gasteiger partial charge in [0.2, 0.25) is 10.0 Å². The van der Waals surface area contributed by atoms with Crippen LogP contribution in [0.1, 0.15) is 29.4 Å². The van der Waals surface area contributed by atoms with E-state index in [9.17, 15) is 13.2 Å². The highest BCUT2D eigenvalue weighted by atomic mass is 35.5. The van der Waals surface area contributed by atoms with Crippen molar-refractivity contribution in [2.24, 2.45) is 0 Å². The summed E-state index contributed by atoms with van der Waals surface area (Å²) in [5, 5.41) is 8.03. The molecule has 2 aliphatic rings. The molecule has 2 fully saturated rings. The van der Waals surface area contributed by atoms with Crippen molar-refractivity contribution < 1.29 is 13.2 Å². The summed E-state index contributed by atoms with van der Waals surface area (Å²) in [5.41, 5.74) is 0. The van der Waals surface area contributed by atoms with Gasteiger partial charge in [0.25, 0.3) is 5.91 Å². The first-order valence-corrected chi connectivity index (χ1v) is 11.7. The van der Waals surface area contributed by atoms with Crippen molar-refractivity contribution in [3.8, 4) is 0 Å². The molecule has 1 aromatic rings. The van der Waals surface area contributed by atoms with Gasteiger partial charge in [-0.2, -0.15) is 16.1 Å². The maximum atomic E-state index is 12.9. The Morgan fingerprint density at radius 2 is 2.08 bits per heavy atom. The summed E-state index contributed by atoms with van der Waals surface area (Å²) >= 11 is 2.95. The van der Waals surface area contributed by atoms with Crippen LogP contribution >= 0.6 is 35.5 Å². The van der Waals surface area contributed by atoms with Gasteiger partial charge in [0.05, 0.1) is 0 Å². The zero-order valence-electron chi connectivity index (χ0n) is 14.1. The third kappa shape index (κ3) is 4.70. The highest BCUT2D eigenvalue weighted by molar-refractivity contribution is 7.99. The zero-order chi connectivity index (χ0) is 17.2. The molecule has 6 nitrogen and oxygen atoms in total. The van der Waals surface area contributed by atoms with E-state index in [-0.39, 0.29) is 35.3 Å². The molecule has 1 amide bonds. The van der Waals surface area contributed by atoms with Crippen LogP contribution in [0.15, 0.2) is 16.3 Å². The van der Waals surface area contributed by atoms with Crippen molar-refractivity contribution in [1.82, 2.24) is 14.9 Å². The zero-order valence-corrected chi connectivity index (χ0v) is 17.3. The quantitative estimate of drug-likeness (QED) is 0.768. The Hall–Kier alpha value is -0.320. The molecule has 2 N–H and O–H groups in total. The SMILES string of the molecule is CC1NCCCC1NC(=O)c1sccc1S(=O)(=O)N1CCSCC1.Cl. The number of sulfonamides is 1. The van der Waals surface area contributed by atoms with Gasteiger partial charge in [-0.05, 0) is 37.8 Å². The summed E-state index contributed by atoms with van der Waals surface area (Å²) in [7, 11) is -3.59. The van der Waals surface area contributed by atoms with Crippen LogP contribution in [0.4, 0.5) is 0 Å². The number of halogens is 1. The Bertz CT molecular complexity index is 689. The van der Waals surface area contributed by atoms with Crippen LogP contribution in [0.5, 0.6) is 0 Å². The third-order valence-electron chi connectivity index (χ3n) is 4.50. The Morgan fingerprint density at radius 3 is 2.76 bits per heavy atom. The van der Waals surface area contributed by atoms with E-state index in [0.717, 1.165) is 30.9 Å². The number of piperidine rings is 1. The van der Waals surface area contributed by atoms with Gasteiger partial charge in [-0.1, -0.05) is 0 Å². The molecule has 2 unspecified atom stereocenters. The number of carbonyl (C=O) groups excluding carboxylic acids is 1. The van der Waals surface area contributed by atoms with E-state index in [4.69, 9.17) is 0 Å². The predicted octanol–water partition coefficient (Wildman–Crippen LogP) is 1.78. The van der Waals surface area contributed by atoms with Gasteiger partial charge < -0.3 is 10.6 Å². The van der Waals surface area contributed by atoms with Gasteiger partial charge >= 0.3 is 0 Å². The molecular formula is C15H24ClN3O3S3. The van der Waals surface area contributed by atoms with Crippen molar-refractivity contribution in [2.75, 3.05) is 31.1 Å². The summed E-state index contributed by atoms with van der Waals surface area (Å²) in [6, 6.07) is 1.79. The molecule has 0 aliphatic carbocycles. The largest absolute Gasteiger partial charge is 0.347 e. The maximum absolute atomic E-state index is 12.9. The molecule has 1 aromatic heterocycles. The van der Waals surface area contributed by atoms with E-state index >= 15 is 0 Å². The van der Waals surface area contributed by atoms with E-state index in [1.54, 1.807) is 23.2 Å². The van der Waals surface area contributed by atoms with Gasteiger partial charge in [-0.15, -0.1) is 23.7 Å². The van der Waals surface area contributed by atoms with E-state index in [0.29, 0.717) is 18.0 Å². The Balaban J connectivity index is 0.00000225. The number of hydrogen-bond donors (Lipinski definition) is 2. The summed E-state index contributed by atoms with van der Waals surface area (Å²) in [6.45, 7) is 4.02. The third-order valence-corrected chi connectivity index (χ3v) is 8.43. The molecule has 3 rings (SSSR count). The lowest BCUT2D eigenvalue weighted by Crippen LogP contribution is -2.52. The minimum absolute atomic E-state index is 0. The van der Waals surface area contributed by atoms with Gasteiger partial charge in [0.1, 0.15) is 9.77 Å². The molecule has 3 heterocycles. The first-order valence-electron chi connectivity index (χ1n) is 8.20. The Morgan fingerprint density at radius 1 is 1.36 bits per heavy atom. The summed E-state index contributed by atoms with van der Waals surface area (Å²) in [6.07, 6.45) is 1.92. The fourth-order valence-electron chi connectivity index (χ4n) is 3.07. The lowest BCUT2D eigenvalue weighted by atomic mass is 10.00. The minimum atomic E-state index is -3.59. The van der Waals surface area contributed by atoms with Gasteiger partial charge in [0, 0.05) is 36.7 Å². The van der Waals surface area contributed by atoms with Crippen LogP contribution in [0, 0.1) is 0 Å².